The molecule has 0 atom stereocenters. The van der Waals surface area contributed by atoms with Gasteiger partial charge in [-0.2, -0.15) is 0 Å². The van der Waals surface area contributed by atoms with Gasteiger partial charge in [-0.15, -0.1) is 0 Å². The minimum atomic E-state index is 0.0851. The fraction of sp³-hybridized carbons (Fsp3) is 0.333. The van der Waals surface area contributed by atoms with Crippen molar-refractivity contribution in [3.8, 4) is 0 Å². The maximum Gasteiger partial charge on any atom is 0.161 e. The third-order valence-corrected chi connectivity index (χ3v) is 3.31. The van der Waals surface area contributed by atoms with E-state index in [9.17, 15) is 4.79 Å². The lowest BCUT2D eigenvalue weighted by molar-refractivity contribution is 0.101. The van der Waals surface area contributed by atoms with Crippen LogP contribution in [0.1, 0.15) is 23.7 Å². The van der Waals surface area contributed by atoms with Crippen LogP contribution in [0, 0.1) is 0 Å². The molecule has 0 aliphatic carbocycles. The van der Waals surface area contributed by atoms with E-state index in [0.717, 1.165) is 35.1 Å². The van der Waals surface area contributed by atoms with Gasteiger partial charge in [0.2, 0.25) is 0 Å². The Kier molecular flexibility index (Phi) is 3.62. The Balaban J connectivity index is 2.12. The second kappa shape index (κ2) is 5.16. The molecule has 0 unspecified atom stereocenters. The van der Waals surface area contributed by atoms with Crippen molar-refractivity contribution in [1.82, 2.24) is 0 Å². The van der Waals surface area contributed by atoms with E-state index in [-0.39, 0.29) is 5.78 Å². The average molecular weight is 234 g/mol. The smallest absolute Gasteiger partial charge is 0.161 e. The van der Waals surface area contributed by atoms with Gasteiger partial charge in [-0.1, -0.05) is 23.9 Å². The van der Waals surface area contributed by atoms with Crippen LogP contribution >= 0.6 is 11.8 Å². The molecule has 0 saturated heterocycles. The highest BCUT2D eigenvalue weighted by Gasteiger charge is 2.06. The zero-order valence-electron chi connectivity index (χ0n) is 9.19. The Morgan fingerprint density at radius 2 is 2.38 bits per heavy atom. The van der Waals surface area contributed by atoms with Crippen molar-refractivity contribution in [1.29, 1.82) is 0 Å². The maximum absolute atomic E-state index is 11.2. The van der Waals surface area contributed by atoms with Gasteiger partial charge in [-0.3, -0.25) is 9.79 Å². The molecule has 0 fully saturated rings. The van der Waals surface area contributed by atoms with Gasteiger partial charge >= 0.3 is 0 Å². The van der Waals surface area contributed by atoms with Crippen molar-refractivity contribution in [2.45, 2.75) is 13.3 Å². The van der Waals surface area contributed by atoms with Gasteiger partial charge in [0.15, 0.2) is 11.0 Å². The van der Waals surface area contributed by atoms with Crippen LogP contribution in [0.15, 0.2) is 29.3 Å². The summed E-state index contributed by atoms with van der Waals surface area (Å²) < 4.78 is 0. The molecule has 2 rings (SSSR count). The van der Waals surface area contributed by atoms with Crippen molar-refractivity contribution in [3.05, 3.63) is 29.8 Å². The number of nitrogens with zero attached hydrogens (tertiary/aromatic N) is 1. The Morgan fingerprint density at radius 1 is 1.50 bits per heavy atom. The number of Topliss-reactive ketones (excluding diaryl/α,β-unsaturated/α-hetero) is 1. The van der Waals surface area contributed by atoms with E-state index in [1.165, 1.54) is 0 Å². The molecule has 0 saturated carbocycles. The number of thioether (sulfide) groups is 1. The zero-order valence-corrected chi connectivity index (χ0v) is 10.0. The molecule has 1 aliphatic heterocycles. The maximum atomic E-state index is 11.2. The van der Waals surface area contributed by atoms with Crippen LogP contribution in [-0.2, 0) is 0 Å². The first-order valence-electron chi connectivity index (χ1n) is 5.31. The van der Waals surface area contributed by atoms with Crippen molar-refractivity contribution >= 4 is 28.4 Å². The van der Waals surface area contributed by atoms with E-state index in [1.54, 1.807) is 18.7 Å². The largest absolute Gasteiger partial charge is 0.335 e. The van der Waals surface area contributed by atoms with E-state index < -0.39 is 0 Å². The van der Waals surface area contributed by atoms with E-state index >= 15 is 0 Å². The van der Waals surface area contributed by atoms with E-state index in [2.05, 4.69) is 10.3 Å². The van der Waals surface area contributed by atoms with Crippen LogP contribution in [-0.4, -0.2) is 23.2 Å². The molecular weight excluding hydrogens is 220 g/mol. The summed E-state index contributed by atoms with van der Waals surface area (Å²) in [6.45, 7) is 2.47. The molecule has 0 spiro atoms. The van der Waals surface area contributed by atoms with E-state index in [1.807, 2.05) is 24.3 Å². The van der Waals surface area contributed by atoms with Gasteiger partial charge in [-0.25, -0.2) is 0 Å². The molecule has 0 bridgehead atoms. The Bertz CT molecular complexity index is 429. The van der Waals surface area contributed by atoms with Crippen LogP contribution in [0.2, 0.25) is 0 Å². The molecule has 0 aromatic heterocycles. The summed E-state index contributed by atoms with van der Waals surface area (Å²) in [7, 11) is 0. The molecule has 1 aromatic carbocycles. The number of hydrogen-bond donors (Lipinski definition) is 1. The molecule has 84 valence electrons. The van der Waals surface area contributed by atoms with Crippen molar-refractivity contribution < 1.29 is 4.79 Å². The average Bonchev–Trinajstić information content (AvgIpc) is 2.30. The van der Waals surface area contributed by atoms with Crippen LogP contribution in [0.3, 0.4) is 0 Å². The Hall–Kier alpha value is -1.29. The van der Waals surface area contributed by atoms with Gasteiger partial charge in [0, 0.05) is 23.5 Å². The first-order chi connectivity index (χ1) is 7.75. The third-order valence-electron chi connectivity index (χ3n) is 2.32. The van der Waals surface area contributed by atoms with Crippen molar-refractivity contribution in [2.75, 3.05) is 17.6 Å². The normalized spacial score (nSPS) is 15.4. The third kappa shape index (κ3) is 2.85. The zero-order chi connectivity index (χ0) is 11.4. The van der Waals surface area contributed by atoms with Gasteiger partial charge in [0.25, 0.3) is 0 Å². The molecule has 1 aromatic rings. The van der Waals surface area contributed by atoms with Gasteiger partial charge in [0.1, 0.15) is 0 Å². The predicted octanol–water partition coefficient (Wildman–Crippen LogP) is 2.79. The number of rotatable bonds is 2. The number of aliphatic imine (C=N–C) groups is 1. The fourth-order valence-electron chi connectivity index (χ4n) is 1.47. The molecular formula is C12H14N2OS. The molecule has 3 nitrogen and oxygen atoms in total. The van der Waals surface area contributed by atoms with Gasteiger partial charge in [0.05, 0.1) is 0 Å². The first-order valence-corrected chi connectivity index (χ1v) is 6.29. The molecule has 0 amide bonds. The monoisotopic (exact) mass is 234 g/mol. The van der Waals surface area contributed by atoms with Crippen LogP contribution in [0.25, 0.3) is 0 Å². The van der Waals surface area contributed by atoms with Crippen LogP contribution < -0.4 is 5.32 Å². The number of carbonyl (C=O) groups excluding carboxylic acids is 1. The number of benzene rings is 1. The number of hydrogen-bond acceptors (Lipinski definition) is 4. The van der Waals surface area contributed by atoms with Gasteiger partial charge in [-0.05, 0) is 25.5 Å². The van der Waals surface area contributed by atoms with Crippen LogP contribution in [0.5, 0.6) is 0 Å². The highest BCUT2D eigenvalue weighted by atomic mass is 32.2. The predicted molar refractivity (Wildman–Crippen MR) is 69.4 cm³/mol. The molecule has 4 heteroatoms. The van der Waals surface area contributed by atoms with Crippen molar-refractivity contribution in [2.24, 2.45) is 4.99 Å². The fourth-order valence-corrected chi connectivity index (χ4v) is 2.31. The van der Waals surface area contributed by atoms with E-state index in [0.29, 0.717) is 0 Å². The SMILES string of the molecule is CC(=O)c1cccc(NC2=NCCCS2)c1. The molecule has 1 heterocycles. The number of ketones is 1. The standard InChI is InChI=1S/C12H14N2OS/c1-9(15)10-4-2-5-11(8-10)14-12-13-6-3-7-16-12/h2,4-5,8H,3,6-7H2,1H3,(H,13,14). The number of nitrogens with one attached hydrogen (secondary N) is 1. The van der Waals surface area contributed by atoms with Gasteiger partial charge < -0.3 is 5.32 Å². The summed E-state index contributed by atoms with van der Waals surface area (Å²) in [5.74, 6) is 1.19. The highest BCUT2D eigenvalue weighted by molar-refractivity contribution is 8.14. The molecule has 1 aliphatic rings. The summed E-state index contributed by atoms with van der Waals surface area (Å²) in [5.41, 5.74) is 1.66. The summed E-state index contributed by atoms with van der Waals surface area (Å²) in [6.07, 6.45) is 1.14. The lowest BCUT2D eigenvalue weighted by Gasteiger charge is -2.13. The Morgan fingerprint density at radius 3 is 3.06 bits per heavy atom. The number of carbonyl (C=O) groups is 1. The summed E-state index contributed by atoms with van der Waals surface area (Å²) in [5, 5.41) is 4.19. The summed E-state index contributed by atoms with van der Waals surface area (Å²) in [6, 6.07) is 7.51. The minimum Gasteiger partial charge on any atom is -0.335 e. The molecule has 1 N–H and O–H groups in total. The molecule has 16 heavy (non-hydrogen) atoms. The first kappa shape index (κ1) is 11.2. The lowest BCUT2D eigenvalue weighted by atomic mass is 10.1. The van der Waals surface area contributed by atoms with Crippen molar-refractivity contribution in [3.63, 3.8) is 0 Å². The summed E-state index contributed by atoms with van der Waals surface area (Å²) in [4.78, 5) is 15.6. The quantitative estimate of drug-likeness (QED) is 0.800. The highest BCUT2D eigenvalue weighted by Crippen LogP contribution is 2.17. The van der Waals surface area contributed by atoms with Crippen LogP contribution in [0.4, 0.5) is 5.69 Å². The topological polar surface area (TPSA) is 41.5 Å². The molecule has 0 radical (unpaired) electrons. The second-order valence-electron chi connectivity index (χ2n) is 3.65. The minimum absolute atomic E-state index is 0.0851. The summed E-state index contributed by atoms with van der Waals surface area (Å²) >= 11 is 1.73. The number of amidine groups is 1. The van der Waals surface area contributed by atoms with E-state index in [4.69, 9.17) is 0 Å². The Labute approximate surface area is 99.3 Å². The number of anilines is 1. The lowest BCUT2D eigenvalue weighted by Crippen LogP contribution is -2.13. The second-order valence-corrected chi connectivity index (χ2v) is 4.73.